The van der Waals surface area contributed by atoms with Gasteiger partial charge in [-0.2, -0.15) is 0 Å². The molecule has 2 aromatic carbocycles. The van der Waals surface area contributed by atoms with E-state index in [0.717, 1.165) is 17.4 Å². The zero-order chi connectivity index (χ0) is 18.2. The lowest BCUT2D eigenvalue weighted by Crippen LogP contribution is -1.97. The van der Waals surface area contributed by atoms with Gasteiger partial charge in [0.1, 0.15) is 0 Å². The van der Waals surface area contributed by atoms with Gasteiger partial charge in [-0.25, -0.2) is 13.2 Å². The molecule has 1 aliphatic rings. The van der Waals surface area contributed by atoms with Gasteiger partial charge in [0, 0.05) is 11.8 Å². The maximum Gasteiger partial charge on any atom is 0.331 e. The maximum absolute atomic E-state index is 11.6. The molecule has 130 valence electrons. The van der Waals surface area contributed by atoms with Crippen LogP contribution in [0.15, 0.2) is 46.9 Å². The van der Waals surface area contributed by atoms with Crippen molar-refractivity contribution in [1.29, 1.82) is 0 Å². The van der Waals surface area contributed by atoms with Gasteiger partial charge in [-0.3, -0.25) is 0 Å². The van der Waals surface area contributed by atoms with Crippen LogP contribution in [0.1, 0.15) is 12.5 Å². The highest BCUT2D eigenvalue weighted by Gasteiger charge is 2.18. The molecule has 7 heteroatoms. The number of benzene rings is 2. The molecule has 25 heavy (non-hydrogen) atoms. The summed E-state index contributed by atoms with van der Waals surface area (Å²) in [6.45, 7) is 1.61. The molecule has 0 saturated carbocycles. The highest BCUT2D eigenvalue weighted by Crippen LogP contribution is 2.39. The molecule has 0 saturated heterocycles. The van der Waals surface area contributed by atoms with Crippen LogP contribution < -0.4 is 9.47 Å². The van der Waals surface area contributed by atoms with E-state index in [1.807, 2.05) is 0 Å². The van der Waals surface area contributed by atoms with E-state index in [9.17, 15) is 13.2 Å². The molecule has 1 N–H and O–H groups in total. The first-order chi connectivity index (χ1) is 11.8. The van der Waals surface area contributed by atoms with Crippen molar-refractivity contribution in [1.82, 2.24) is 0 Å². The molecule has 0 aromatic heterocycles. The summed E-state index contributed by atoms with van der Waals surface area (Å²) < 4.78 is 34.0. The number of carboxylic acid groups (broad SMARTS) is 1. The number of aliphatic carboxylic acids is 1. The van der Waals surface area contributed by atoms with Gasteiger partial charge >= 0.3 is 5.97 Å². The second kappa shape index (κ2) is 6.25. The summed E-state index contributed by atoms with van der Waals surface area (Å²) in [5.41, 5.74) is 2.30. The van der Waals surface area contributed by atoms with Crippen LogP contribution in [0.4, 0.5) is 0 Å². The van der Waals surface area contributed by atoms with Crippen LogP contribution in [0.3, 0.4) is 0 Å². The molecule has 0 atom stereocenters. The van der Waals surface area contributed by atoms with Crippen molar-refractivity contribution >= 4 is 21.9 Å². The Hall–Kier alpha value is -2.80. The first-order valence-corrected chi connectivity index (χ1v) is 9.30. The summed E-state index contributed by atoms with van der Waals surface area (Å²) in [7, 11) is -3.29. The molecule has 0 radical (unpaired) electrons. The number of carbonyl (C=O) groups is 1. The summed E-state index contributed by atoms with van der Waals surface area (Å²) in [6.07, 6.45) is 2.69. The van der Waals surface area contributed by atoms with Crippen molar-refractivity contribution in [2.75, 3.05) is 13.0 Å². The van der Waals surface area contributed by atoms with E-state index in [-0.39, 0.29) is 17.3 Å². The van der Waals surface area contributed by atoms with Crippen molar-refractivity contribution in [3.8, 4) is 22.6 Å². The zero-order valence-corrected chi connectivity index (χ0v) is 14.5. The van der Waals surface area contributed by atoms with Crippen molar-refractivity contribution in [2.24, 2.45) is 0 Å². The molecule has 1 heterocycles. The molecule has 6 nitrogen and oxygen atoms in total. The number of hydrogen-bond acceptors (Lipinski definition) is 5. The van der Waals surface area contributed by atoms with E-state index in [0.29, 0.717) is 17.1 Å². The standard InChI is InChI=1S/C18H16O6S/c1-11(18(19)20)7-13-8-16-17(24-10-23-16)9-15(13)12-3-5-14(6-4-12)25(2,21)22/h3-9H,10H2,1-2H3,(H,19,20)/b11-7+. The predicted molar refractivity (Wildman–Crippen MR) is 92.4 cm³/mol. The van der Waals surface area contributed by atoms with Crippen molar-refractivity contribution in [3.63, 3.8) is 0 Å². The topological polar surface area (TPSA) is 89.9 Å². The second-order valence-corrected chi connectivity index (χ2v) is 7.74. The van der Waals surface area contributed by atoms with Crippen molar-refractivity contribution in [3.05, 3.63) is 47.5 Å². The highest BCUT2D eigenvalue weighted by atomic mass is 32.2. The lowest BCUT2D eigenvalue weighted by molar-refractivity contribution is -0.132. The summed E-state index contributed by atoms with van der Waals surface area (Å²) in [5.74, 6) is 0.0873. The van der Waals surface area contributed by atoms with Crippen LogP contribution in [-0.2, 0) is 14.6 Å². The minimum atomic E-state index is -3.29. The smallest absolute Gasteiger partial charge is 0.331 e. The average molecular weight is 360 g/mol. The van der Waals surface area contributed by atoms with Gasteiger partial charge in [-0.15, -0.1) is 0 Å². The Balaban J connectivity index is 2.14. The number of fused-ring (bicyclic) bond motifs is 1. The van der Waals surface area contributed by atoms with Crippen LogP contribution in [0.25, 0.3) is 17.2 Å². The Labute approximate surface area is 145 Å². The normalized spacial score (nSPS) is 13.8. The Morgan fingerprint density at radius 1 is 1.12 bits per heavy atom. The third kappa shape index (κ3) is 3.51. The Morgan fingerprint density at radius 3 is 2.28 bits per heavy atom. The van der Waals surface area contributed by atoms with Crippen LogP contribution in [0.5, 0.6) is 11.5 Å². The Morgan fingerprint density at radius 2 is 1.72 bits per heavy atom. The predicted octanol–water partition coefficient (Wildman–Crippen LogP) is 2.97. The summed E-state index contributed by atoms with van der Waals surface area (Å²) in [6, 6.07) is 9.88. The molecule has 3 rings (SSSR count). The first-order valence-electron chi connectivity index (χ1n) is 7.41. The van der Waals surface area contributed by atoms with Crippen molar-refractivity contribution in [2.45, 2.75) is 11.8 Å². The minimum absolute atomic E-state index is 0.104. The van der Waals surface area contributed by atoms with Gasteiger partial charge in [-0.1, -0.05) is 12.1 Å². The second-order valence-electron chi connectivity index (χ2n) is 5.72. The summed E-state index contributed by atoms with van der Waals surface area (Å²) in [5, 5.41) is 9.13. The molecule has 0 unspecified atom stereocenters. The fourth-order valence-electron chi connectivity index (χ4n) is 2.50. The molecular formula is C18H16O6S. The number of hydrogen-bond donors (Lipinski definition) is 1. The first kappa shape index (κ1) is 17.0. The quantitative estimate of drug-likeness (QED) is 0.843. The fourth-order valence-corrected chi connectivity index (χ4v) is 3.13. The van der Waals surface area contributed by atoms with Gasteiger partial charge in [0.25, 0.3) is 0 Å². The third-order valence-corrected chi connectivity index (χ3v) is 4.98. The molecule has 0 fully saturated rings. The molecule has 0 aliphatic carbocycles. The molecule has 1 aliphatic heterocycles. The van der Waals surface area contributed by atoms with E-state index in [2.05, 4.69) is 0 Å². The molecule has 0 amide bonds. The minimum Gasteiger partial charge on any atom is -0.478 e. The van der Waals surface area contributed by atoms with E-state index in [4.69, 9.17) is 14.6 Å². The van der Waals surface area contributed by atoms with Gasteiger partial charge in [0.15, 0.2) is 21.3 Å². The number of sulfone groups is 1. The Bertz CT molecular complexity index is 971. The van der Waals surface area contributed by atoms with E-state index >= 15 is 0 Å². The van der Waals surface area contributed by atoms with Crippen molar-refractivity contribution < 1.29 is 27.8 Å². The van der Waals surface area contributed by atoms with Crippen LogP contribution in [0.2, 0.25) is 0 Å². The van der Waals surface area contributed by atoms with Crippen LogP contribution in [0, 0.1) is 0 Å². The lowest BCUT2D eigenvalue weighted by Gasteiger charge is -2.10. The Kier molecular flexibility index (Phi) is 4.26. The SMILES string of the molecule is C/C(=C\c1cc2c(cc1-c1ccc(S(C)(=O)=O)cc1)OCO2)C(=O)O. The highest BCUT2D eigenvalue weighted by molar-refractivity contribution is 7.90. The number of rotatable bonds is 4. The largest absolute Gasteiger partial charge is 0.478 e. The van der Waals surface area contributed by atoms with Gasteiger partial charge < -0.3 is 14.6 Å². The molecule has 0 bridgehead atoms. The zero-order valence-electron chi connectivity index (χ0n) is 13.6. The summed E-state index contributed by atoms with van der Waals surface area (Å²) in [4.78, 5) is 11.4. The monoisotopic (exact) mass is 360 g/mol. The maximum atomic E-state index is 11.6. The fraction of sp³-hybridized carbons (Fsp3) is 0.167. The lowest BCUT2D eigenvalue weighted by atomic mass is 9.97. The van der Waals surface area contributed by atoms with E-state index in [1.54, 1.807) is 30.3 Å². The van der Waals surface area contributed by atoms with Crippen LogP contribution >= 0.6 is 0 Å². The number of ether oxygens (including phenoxy) is 2. The van der Waals surface area contributed by atoms with Gasteiger partial charge in [-0.05, 0) is 54.0 Å². The van der Waals surface area contributed by atoms with Gasteiger partial charge in [0.05, 0.1) is 4.90 Å². The molecule has 2 aromatic rings. The van der Waals surface area contributed by atoms with Gasteiger partial charge in [0.2, 0.25) is 6.79 Å². The number of carboxylic acids is 1. The summed E-state index contributed by atoms with van der Waals surface area (Å²) >= 11 is 0. The molecule has 0 spiro atoms. The third-order valence-electron chi connectivity index (χ3n) is 3.85. The van der Waals surface area contributed by atoms with E-state index in [1.165, 1.54) is 19.1 Å². The average Bonchev–Trinajstić information content (AvgIpc) is 3.00. The molecular weight excluding hydrogens is 344 g/mol. The van der Waals surface area contributed by atoms with E-state index < -0.39 is 15.8 Å². The van der Waals surface area contributed by atoms with Crippen LogP contribution in [-0.4, -0.2) is 32.5 Å².